The van der Waals surface area contributed by atoms with Crippen molar-refractivity contribution in [3.8, 4) is 5.75 Å². The molecule has 0 bridgehead atoms. The summed E-state index contributed by atoms with van der Waals surface area (Å²) in [6, 6.07) is 8.46. The van der Waals surface area contributed by atoms with E-state index in [4.69, 9.17) is 4.74 Å². The molecule has 1 amide bonds. The number of nitro benzene ring substituents is 1. The lowest BCUT2D eigenvalue weighted by molar-refractivity contribution is -0.385. The molecule has 0 radical (unpaired) electrons. The summed E-state index contributed by atoms with van der Waals surface area (Å²) in [7, 11) is 0. The van der Waals surface area contributed by atoms with Crippen molar-refractivity contribution in [2.45, 2.75) is 27.7 Å². The molecule has 0 heterocycles. The molecule has 0 unspecified atom stereocenters. The van der Waals surface area contributed by atoms with Gasteiger partial charge < -0.3 is 15.4 Å². The van der Waals surface area contributed by atoms with E-state index < -0.39 is 4.92 Å². The van der Waals surface area contributed by atoms with Gasteiger partial charge in [0.2, 0.25) is 5.91 Å². The highest BCUT2D eigenvalue weighted by molar-refractivity contribution is 5.91. The van der Waals surface area contributed by atoms with Crippen molar-refractivity contribution < 1.29 is 14.5 Å². The molecule has 0 saturated heterocycles. The standard InChI is InChI=1S/C18H21N3O4/c1-5-25-17-10-14(6-7-16(17)21(23)24)20-15-8-11(2)18(12(3)9-15)19-13(4)22/h6-10,20H,5H2,1-4H3,(H,19,22). The molecule has 0 saturated carbocycles. The first-order chi connectivity index (χ1) is 11.8. The Labute approximate surface area is 146 Å². The molecule has 0 spiro atoms. The number of ether oxygens (including phenoxy) is 1. The first-order valence-electron chi connectivity index (χ1n) is 7.89. The highest BCUT2D eigenvalue weighted by Crippen LogP contribution is 2.32. The van der Waals surface area contributed by atoms with E-state index in [1.165, 1.54) is 13.0 Å². The smallest absolute Gasteiger partial charge is 0.311 e. The normalized spacial score (nSPS) is 10.2. The van der Waals surface area contributed by atoms with Gasteiger partial charge in [-0.3, -0.25) is 14.9 Å². The number of carbonyl (C=O) groups is 1. The highest BCUT2D eigenvalue weighted by Gasteiger charge is 2.15. The van der Waals surface area contributed by atoms with E-state index in [2.05, 4.69) is 10.6 Å². The maximum absolute atomic E-state index is 11.3. The molecule has 2 aromatic rings. The van der Waals surface area contributed by atoms with E-state index in [0.717, 1.165) is 22.5 Å². The Morgan fingerprint density at radius 1 is 1.16 bits per heavy atom. The molecular weight excluding hydrogens is 322 g/mol. The van der Waals surface area contributed by atoms with Crippen molar-refractivity contribution in [2.75, 3.05) is 17.2 Å². The van der Waals surface area contributed by atoms with Gasteiger partial charge in [0.1, 0.15) is 0 Å². The van der Waals surface area contributed by atoms with Crippen LogP contribution in [0.5, 0.6) is 5.75 Å². The van der Waals surface area contributed by atoms with Gasteiger partial charge in [0.15, 0.2) is 5.75 Å². The second-order valence-electron chi connectivity index (χ2n) is 5.66. The summed E-state index contributed by atoms with van der Waals surface area (Å²) in [5.74, 6) is 0.101. The highest BCUT2D eigenvalue weighted by atomic mass is 16.6. The largest absolute Gasteiger partial charge is 0.487 e. The minimum absolute atomic E-state index is 0.0687. The maximum Gasteiger partial charge on any atom is 0.311 e. The summed E-state index contributed by atoms with van der Waals surface area (Å²) in [4.78, 5) is 21.9. The third-order valence-corrected chi connectivity index (χ3v) is 3.58. The van der Waals surface area contributed by atoms with Gasteiger partial charge in [-0.1, -0.05) is 0 Å². The Bertz CT molecular complexity index is 795. The average molecular weight is 343 g/mol. The number of rotatable bonds is 6. The Hall–Kier alpha value is -3.09. The van der Waals surface area contributed by atoms with Gasteiger partial charge in [-0.2, -0.15) is 0 Å². The summed E-state index contributed by atoms with van der Waals surface area (Å²) >= 11 is 0. The fourth-order valence-electron chi connectivity index (χ4n) is 2.59. The predicted octanol–water partition coefficient (Wildman–Crippen LogP) is 4.31. The summed E-state index contributed by atoms with van der Waals surface area (Å²) in [5, 5.41) is 17.1. The molecule has 0 atom stereocenters. The maximum atomic E-state index is 11.3. The lowest BCUT2D eigenvalue weighted by Crippen LogP contribution is -2.09. The topological polar surface area (TPSA) is 93.5 Å². The SMILES string of the molecule is CCOc1cc(Nc2cc(C)c(NC(C)=O)c(C)c2)ccc1[N+](=O)[O-]. The molecule has 0 aliphatic heterocycles. The van der Waals surface area contributed by atoms with Gasteiger partial charge in [0.25, 0.3) is 0 Å². The fraction of sp³-hybridized carbons (Fsp3) is 0.278. The van der Waals surface area contributed by atoms with Crippen LogP contribution in [0.1, 0.15) is 25.0 Å². The third-order valence-electron chi connectivity index (χ3n) is 3.58. The van der Waals surface area contributed by atoms with Crippen molar-refractivity contribution in [3.05, 3.63) is 51.6 Å². The van der Waals surface area contributed by atoms with E-state index in [9.17, 15) is 14.9 Å². The molecule has 7 heteroatoms. The molecule has 0 aromatic heterocycles. The minimum Gasteiger partial charge on any atom is -0.487 e. The number of benzene rings is 2. The zero-order valence-electron chi connectivity index (χ0n) is 14.7. The second-order valence-corrected chi connectivity index (χ2v) is 5.66. The first-order valence-corrected chi connectivity index (χ1v) is 7.89. The Kier molecular flexibility index (Phi) is 5.59. The van der Waals surface area contributed by atoms with Crippen LogP contribution in [0.3, 0.4) is 0 Å². The Morgan fingerprint density at radius 3 is 2.32 bits per heavy atom. The quantitative estimate of drug-likeness (QED) is 0.602. The van der Waals surface area contributed by atoms with Crippen LogP contribution in [0, 0.1) is 24.0 Å². The molecule has 2 N–H and O–H groups in total. The molecule has 132 valence electrons. The first kappa shape index (κ1) is 18.3. The third kappa shape index (κ3) is 4.47. The number of hydrogen-bond acceptors (Lipinski definition) is 5. The van der Waals surface area contributed by atoms with Crippen molar-refractivity contribution in [3.63, 3.8) is 0 Å². The number of anilines is 3. The van der Waals surface area contributed by atoms with Crippen molar-refractivity contribution >= 4 is 28.7 Å². The lowest BCUT2D eigenvalue weighted by Gasteiger charge is -2.15. The second kappa shape index (κ2) is 7.65. The molecule has 2 rings (SSSR count). The van der Waals surface area contributed by atoms with Crippen LogP contribution >= 0.6 is 0 Å². The van der Waals surface area contributed by atoms with Crippen LogP contribution in [-0.4, -0.2) is 17.4 Å². The molecule has 7 nitrogen and oxygen atoms in total. The summed E-state index contributed by atoms with van der Waals surface area (Å²) in [6.45, 7) is 7.40. The average Bonchev–Trinajstić information content (AvgIpc) is 2.51. The molecule has 25 heavy (non-hydrogen) atoms. The predicted molar refractivity (Wildman–Crippen MR) is 97.8 cm³/mol. The number of amides is 1. The van der Waals surface area contributed by atoms with Crippen LogP contribution in [0.4, 0.5) is 22.7 Å². The minimum atomic E-state index is -0.467. The molecule has 0 aliphatic rings. The van der Waals surface area contributed by atoms with E-state index in [-0.39, 0.29) is 17.3 Å². The van der Waals surface area contributed by atoms with Crippen LogP contribution in [0.25, 0.3) is 0 Å². The van der Waals surface area contributed by atoms with Gasteiger partial charge >= 0.3 is 5.69 Å². The number of carbonyl (C=O) groups excluding carboxylic acids is 1. The van der Waals surface area contributed by atoms with Crippen molar-refractivity contribution in [1.82, 2.24) is 0 Å². The Morgan fingerprint density at radius 2 is 1.80 bits per heavy atom. The van der Waals surface area contributed by atoms with E-state index in [0.29, 0.717) is 12.3 Å². The van der Waals surface area contributed by atoms with Gasteiger partial charge in [-0.15, -0.1) is 0 Å². The van der Waals surface area contributed by atoms with Crippen LogP contribution in [0.2, 0.25) is 0 Å². The van der Waals surface area contributed by atoms with Gasteiger partial charge in [-0.25, -0.2) is 0 Å². The van der Waals surface area contributed by atoms with Crippen molar-refractivity contribution in [1.29, 1.82) is 0 Å². The number of nitrogens with one attached hydrogen (secondary N) is 2. The van der Waals surface area contributed by atoms with E-state index in [1.54, 1.807) is 19.1 Å². The summed E-state index contributed by atoms with van der Waals surface area (Å²) in [5.41, 5.74) is 4.06. The van der Waals surface area contributed by atoms with Crippen LogP contribution < -0.4 is 15.4 Å². The number of nitro groups is 1. The number of nitrogens with zero attached hydrogens (tertiary/aromatic N) is 1. The zero-order chi connectivity index (χ0) is 18.6. The Balaban J connectivity index is 2.32. The number of aryl methyl sites for hydroxylation is 2. The molecule has 2 aromatic carbocycles. The van der Waals surface area contributed by atoms with Gasteiger partial charge in [0, 0.05) is 36.1 Å². The lowest BCUT2D eigenvalue weighted by atomic mass is 10.1. The fourth-order valence-corrected chi connectivity index (χ4v) is 2.59. The van der Waals surface area contributed by atoms with E-state index in [1.807, 2.05) is 26.0 Å². The summed E-state index contributed by atoms with van der Waals surface area (Å²) in [6.07, 6.45) is 0. The van der Waals surface area contributed by atoms with Gasteiger partial charge in [0.05, 0.1) is 11.5 Å². The number of hydrogen-bond donors (Lipinski definition) is 2. The zero-order valence-corrected chi connectivity index (χ0v) is 14.7. The molecule has 0 fully saturated rings. The van der Waals surface area contributed by atoms with E-state index >= 15 is 0 Å². The molecular formula is C18H21N3O4. The molecule has 0 aliphatic carbocycles. The van der Waals surface area contributed by atoms with Gasteiger partial charge in [-0.05, 0) is 50.1 Å². The summed E-state index contributed by atoms with van der Waals surface area (Å²) < 4.78 is 5.36. The van der Waals surface area contributed by atoms with Crippen LogP contribution in [-0.2, 0) is 4.79 Å². The van der Waals surface area contributed by atoms with Crippen molar-refractivity contribution in [2.24, 2.45) is 0 Å². The van der Waals surface area contributed by atoms with Crippen LogP contribution in [0.15, 0.2) is 30.3 Å². The monoisotopic (exact) mass is 343 g/mol.